The van der Waals surface area contributed by atoms with Gasteiger partial charge in [-0.1, -0.05) is 64.0 Å². The molecule has 186 valence electrons. The highest BCUT2D eigenvalue weighted by Gasteiger charge is 2.62. The number of Topliss-reactive ketones (excluding diaryl/α,β-unsaturated/α-hetero) is 2. The minimum absolute atomic E-state index is 0.0452. The minimum atomic E-state index is -1.40. The van der Waals surface area contributed by atoms with Crippen molar-refractivity contribution in [3.8, 4) is 17.2 Å². The normalized spacial score (nSPS) is 25.7. The lowest BCUT2D eigenvalue weighted by molar-refractivity contribution is -0.121. The number of allylic oxidation sites excluding steroid dienone is 1. The van der Waals surface area contributed by atoms with Gasteiger partial charge in [0.2, 0.25) is 11.4 Å². The lowest BCUT2D eigenvalue weighted by Crippen LogP contribution is -2.54. The molecule has 0 amide bonds. The molecule has 1 aromatic carbocycles. The third-order valence-electron chi connectivity index (χ3n) is 7.47. The molecule has 0 N–H and O–H groups in total. The molecule has 7 heteroatoms. The molecule has 1 spiro atoms. The summed E-state index contributed by atoms with van der Waals surface area (Å²) in [4.78, 5) is 27.0. The number of methoxy groups -OCH3 is 2. The lowest BCUT2D eigenvalue weighted by atomic mass is 9.70. The zero-order valence-electron chi connectivity index (χ0n) is 20.6. The molecule has 0 bridgehead atoms. The summed E-state index contributed by atoms with van der Waals surface area (Å²) < 4.78 is 23.5. The first-order valence-corrected chi connectivity index (χ1v) is 12.8. The van der Waals surface area contributed by atoms with E-state index in [4.69, 9.17) is 30.5 Å². The monoisotopic (exact) mass is 490 g/mol. The maximum absolute atomic E-state index is 13.9. The van der Waals surface area contributed by atoms with Crippen LogP contribution in [0.3, 0.4) is 0 Å². The Morgan fingerprint density at radius 3 is 2.47 bits per heavy atom. The maximum atomic E-state index is 13.9. The number of carbonyl (C=O) groups is 2. The molecule has 0 fully saturated rings. The average molecular weight is 491 g/mol. The van der Waals surface area contributed by atoms with E-state index in [1.165, 1.54) is 46.3 Å². The zero-order valence-corrected chi connectivity index (χ0v) is 21.4. The van der Waals surface area contributed by atoms with Crippen LogP contribution >= 0.6 is 11.6 Å². The van der Waals surface area contributed by atoms with E-state index in [2.05, 4.69) is 6.92 Å². The van der Waals surface area contributed by atoms with Crippen LogP contribution in [0.4, 0.5) is 0 Å². The van der Waals surface area contributed by atoms with Crippen LogP contribution in [0.15, 0.2) is 17.4 Å². The molecule has 34 heavy (non-hydrogen) atoms. The Labute approximate surface area is 206 Å². The third-order valence-corrected chi connectivity index (χ3v) is 7.83. The van der Waals surface area contributed by atoms with E-state index in [1.54, 1.807) is 6.07 Å². The van der Waals surface area contributed by atoms with Crippen molar-refractivity contribution < 1.29 is 28.5 Å². The molecular weight excluding hydrogens is 456 g/mol. The lowest BCUT2D eigenvalue weighted by Gasteiger charge is -2.42. The van der Waals surface area contributed by atoms with Gasteiger partial charge in [0.1, 0.15) is 22.1 Å². The molecular formula is C27H35ClO6. The second kappa shape index (κ2) is 10.2. The third kappa shape index (κ3) is 4.08. The van der Waals surface area contributed by atoms with Gasteiger partial charge in [0, 0.05) is 24.0 Å². The number of ketones is 2. The summed E-state index contributed by atoms with van der Waals surface area (Å²) in [5.74, 6) is 0.939. The van der Waals surface area contributed by atoms with Crippen LogP contribution in [-0.2, 0) is 9.53 Å². The highest BCUT2D eigenvalue weighted by Crippen LogP contribution is 2.56. The molecule has 0 saturated heterocycles. The second-order valence-corrected chi connectivity index (χ2v) is 10.1. The van der Waals surface area contributed by atoms with Gasteiger partial charge in [0.05, 0.1) is 20.8 Å². The molecule has 4 rings (SSSR count). The Bertz CT molecular complexity index is 999. The molecule has 1 aromatic rings. The van der Waals surface area contributed by atoms with Crippen LogP contribution in [0.5, 0.6) is 17.2 Å². The number of halogens is 1. The Morgan fingerprint density at radius 2 is 1.76 bits per heavy atom. The van der Waals surface area contributed by atoms with E-state index in [0.717, 1.165) is 12.8 Å². The van der Waals surface area contributed by atoms with Crippen molar-refractivity contribution in [3.63, 3.8) is 0 Å². The Morgan fingerprint density at radius 1 is 1.06 bits per heavy atom. The molecule has 3 atom stereocenters. The average Bonchev–Trinajstić information content (AvgIpc) is 3.15. The van der Waals surface area contributed by atoms with E-state index in [0.29, 0.717) is 35.9 Å². The van der Waals surface area contributed by atoms with E-state index < -0.39 is 11.5 Å². The summed E-state index contributed by atoms with van der Waals surface area (Å²) >= 11 is 6.55. The van der Waals surface area contributed by atoms with Gasteiger partial charge in [-0.2, -0.15) is 0 Å². The Hall–Kier alpha value is -2.21. The summed E-state index contributed by atoms with van der Waals surface area (Å²) in [5, 5.41) is 0.214. The Balaban J connectivity index is 1.62. The van der Waals surface area contributed by atoms with Gasteiger partial charge >= 0.3 is 0 Å². The van der Waals surface area contributed by atoms with Gasteiger partial charge in [-0.15, -0.1) is 0 Å². The van der Waals surface area contributed by atoms with Crippen LogP contribution in [0.25, 0.3) is 0 Å². The number of hydrogen-bond acceptors (Lipinski definition) is 6. The summed E-state index contributed by atoms with van der Waals surface area (Å²) in [6.45, 7) is 4.56. The van der Waals surface area contributed by atoms with E-state index in [1.807, 2.05) is 6.92 Å². The fourth-order valence-electron chi connectivity index (χ4n) is 5.54. The smallest absolute Gasteiger partial charge is 0.231 e. The molecule has 0 saturated carbocycles. The van der Waals surface area contributed by atoms with E-state index in [-0.39, 0.29) is 40.2 Å². The highest BCUT2D eigenvalue weighted by molar-refractivity contribution is 6.35. The number of ether oxygens (including phenoxy) is 4. The number of hydrogen-bond donors (Lipinski definition) is 0. The van der Waals surface area contributed by atoms with Gasteiger partial charge in [-0.25, -0.2) is 0 Å². The fourth-order valence-corrected chi connectivity index (χ4v) is 5.81. The summed E-state index contributed by atoms with van der Waals surface area (Å²) in [6.07, 6.45) is 9.26. The molecule has 0 radical (unpaired) electrons. The second-order valence-electron chi connectivity index (χ2n) is 9.74. The number of fused-ring (bicyclic) bond motifs is 2. The number of carbonyl (C=O) groups excluding carboxylic acids is 2. The van der Waals surface area contributed by atoms with Gasteiger partial charge in [-0.3, -0.25) is 9.59 Å². The van der Waals surface area contributed by atoms with Crippen LogP contribution in [0.2, 0.25) is 5.02 Å². The van der Waals surface area contributed by atoms with Crippen LogP contribution in [-0.4, -0.2) is 38.0 Å². The molecule has 3 aliphatic rings. The van der Waals surface area contributed by atoms with Crippen molar-refractivity contribution in [2.75, 3.05) is 20.8 Å². The maximum Gasteiger partial charge on any atom is 0.231 e. The van der Waals surface area contributed by atoms with E-state index >= 15 is 0 Å². The number of rotatable bonds is 9. The minimum Gasteiger partial charge on any atom is -0.496 e. The highest BCUT2D eigenvalue weighted by atomic mass is 35.5. The first kappa shape index (κ1) is 24.9. The standard InChI is InChI=1S/C27H35ClO6/c1-5-6-7-8-9-10-11-17-13-18-19(29)12-16(2)27(26(18)33-15-17)25(30)22-20(31-3)14-21(32-4)23(28)24(22)34-27/h14,16-17H,5-13,15H2,1-4H3. The van der Waals surface area contributed by atoms with Crippen molar-refractivity contribution in [2.24, 2.45) is 11.8 Å². The summed E-state index contributed by atoms with van der Waals surface area (Å²) in [7, 11) is 2.99. The topological polar surface area (TPSA) is 71.1 Å². The molecule has 1 aliphatic carbocycles. The molecule has 3 unspecified atom stereocenters. The van der Waals surface area contributed by atoms with Crippen molar-refractivity contribution >= 4 is 23.2 Å². The summed E-state index contributed by atoms with van der Waals surface area (Å²) in [6, 6.07) is 1.59. The van der Waals surface area contributed by atoms with Crippen molar-refractivity contribution in [1.82, 2.24) is 0 Å². The van der Waals surface area contributed by atoms with Gasteiger partial charge < -0.3 is 18.9 Å². The molecule has 6 nitrogen and oxygen atoms in total. The first-order valence-electron chi connectivity index (χ1n) is 12.5. The molecule has 0 aromatic heterocycles. The van der Waals surface area contributed by atoms with Crippen molar-refractivity contribution in [3.05, 3.63) is 28.0 Å². The van der Waals surface area contributed by atoms with Crippen LogP contribution in [0, 0.1) is 11.8 Å². The van der Waals surface area contributed by atoms with Crippen molar-refractivity contribution in [2.45, 2.75) is 77.2 Å². The zero-order chi connectivity index (χ0) is 24.5. The largest absolute Gasteiger partial charge is 0.496 e. The number of benzene rings is 1. The van der Waals surface area contributed by atoms with Gasteiger partial charge in [0.25, 0.3) is 0 Å². The molecule has 2 heterocycles. The van der Waals surface area contributed by atoms with Crippen molar-refractivity contribution in [1.29, 1.82) is 0 Å². The fraction of sp³-hybridized carbons (Fsp3) is 0.630. The first-order chi connectivity index (χ1) is 16.4. The predicted octanol–water partition coefficient (Wildman–Crippen LogP) is 6.32. The van der Waals surface area contributed by atoms with Gasteiger partial charge in [0.15, 0.2) is 17.3 Å². The number of unbranched alkanes of at least 4 members (excludes halogenated alkanes) is 5. The van der Waals surface area contributed by atoms with Gasteiger partial charge in [-0.05, 0) is 18.8 Å². The van der Waals surface area contributed by atoms with Crippen LogP contribution in [0.1, 0.15) is 82.0 Å². The Kier molecular flexibility index (Phi) is 7.46. The SMILES string of the molecule is CCCCCCCCC1COC2=C(C1)C(=O)CC(C)C21Oc2c(Cl)c(OC)cc(OC)c2C1=O. The van der Waals surface area contributed by atoms with Crippen LogP contribution < -0.4 is 14.2 Å². The predicted molar refractivity (Wildman–Crippen MR) is 130 cm³/mol. The quantitative estimate of drug-likeness (QED) is 0.377. The molecule has 2 aliphatic heterocycles. The summed E-state index contributed by atoms with van der Waals surface area (Å²) in [5.41, 5.74) is -0.525. The van der Waals surface area contributed by atoms with E-state index in [9.17, 15) is 9.59 Å².